The van der Waals surface area contributed by atoms with Gasteiger partial charge in [0.25, 0.3) is 5.91 Å². The predicted molar refractivity (Wildman–Crippen MR) is 96.1 cm³/mol. The van der Waals surface area contributed by atoms with Gasteiger partial charge in [-0.1, -0.05) is 30.3 Å². The number of rotatable bonds is 5. The van der Waals surface area contributed by atoms with E-state index in [0.29, 0.717) is 23.1 Å². The molecule has 0 aliphatic rings. The van der Waals surface area contributed by atoms with Gasteiger partial charge in [0, 0.05) is 17.5 Å². The van der Waals surface area contributed by atoms with Crippen LogP contribution in [0.25, 0.3) is 11.0 Å². The molecule has 130 valence electrons. The number of hydrogen-bond acceptors (Lipinski definition) is 3. The molecule has 5 heteroatoms. The van der Waals surface area contributed by atoms with Crippen LogP contribution in [0.4, 0.5) is 4.39 Å². The zero-order valence-corrected chi connectivity index (χ0v) is 14.5. The van der Waals surface area contributed by atoms with Crippen LogP contribution in [-0.2, 0) is 0 Å². The van der Waals surface area contributed by atoms with Crippen molar-refractivity contribution in [1.82, 2.24) is 10.2 Å². The summed E-state index contributed by atoms with van der Waals surface area (Å²) < 4.78 is 19.0. The monoisotopic (exact) mass is 340 g/mol. The van der Waals surface area contributed by atoms with Gasteiger partial charge < -0.3 is 14.6 Å². The minimum absolute atomic E-state index is 0.0484. The van der Waals surface area contributed by atoms with E-state index in [4.69, 9.17) is 4.42 Å². The number of carbonyl (C=O) groups excluding carboxylic acids is 1. The van der Waals surface area contributed by atoms with Crippen molar-refractivity contribution in [2.24, 2.45) is 0 Å². The van der Waals surface area contributed by atoms with E-state index in [-0.39, 0.29) is 23.5 Å². The molecule has 3 rings (SSSR count). The van der Waals surface area contributed by atoms with Crippen LogP contribution in [0.5, 0.6) is 0 Å². The number of amides is 1. The Morgan fingerprint density at radius 2 is 1.92 bits per heavy atom. The lowest BCUT2D eigenvalue weighted by molar-refractivity contribution is 0.0915. The Morgan fingerprint density at radius 3 is 2.60 bits per heavy atom. The number of fused-ring (bicyclic) bond motifs is 1. The number of aryl methyl sites for hydroxylation is 1. The highest BCUT2D eigenvalue weighted by Gasteiger charge is 2.20. The fourth-order valence-electron chi connectivity index (χ4n) is 2.95. The van der Waals surface area contributed by atoms with E-state index < -0.39 is 0 Å². The van der Waals surface area contributed by atoms with Gasteiger partial charge in [0.1, 0.15) is 11.4 Å². The highest BCUT2D eigenvalue weighted by molar-refractivity contribution is 5.98. The summed E-state index contributed by atoms with van der Waals surface area (Å²) in [5.74, 6) is -0.414. The zero-order chi connectivity index (χ0) is 18.0. The normalized spacial score (nSPS) is 12.5. The van der Waals surface area contributed by atoms with Gasteiger partial charge in [-0.15, -0.1) is 0 Å². The number of nitrogens with one attached hydrogen (secondary N) is 1. The van der Waals surface area contributed by atoms with E-state index in [2.05, 4.69) is 10.2 Å². The Kier molecular flexibility index (Phi) is 4.86. The van der Waals surface area contributed by atoms with Gasteiger partial charge >= 0.3 is 0 Å². The fraction of sp³-hybridized carbons (Fsp3) is 0.250. The van der Waals surface area contributed by atoms with E-state index in [1.54, 1.807) is 13.0 Å². The topological polar surface area (TPSA) is 45.5 Å². The molecule has 1 amide bonds. The summed E-state index contributed by atoms with van der Waals surface area (Å²) in [5.41, 5.74) is 2.28. The first-order chi connectivity index (χ1) is 12.0. The largest absolute Gasteiger partial charge is 0.451 e. The number of nitrogens with zero attached hydrogens (tertiary/aromatic N) is 1. The average Bonchev–Trinajstić information content (AvgIpc) is 2.92. The molecule has 0 unspecified atom stereocenters. The van der Waals surface area contributed by atoms with Crippen LogP contribution in [0.1, 0.15) is 27.7 Å². The first-order valence-corrected chi connectivity index (χ1v) is 8.15. The Morgan fingerprint density at radius 1 is 1.20 bits per heavy atom. The molecule has 0 saturated carbocycles. The standard InChI is InChI=1S/C20H21FN2O2/c1-13-16-11-15(21)9-10-18(16)25-19(13)20(24)22-12-17(23(2)3)14-7-5-4-6-8-14/h4-11,17H,12H2,1-3H3,(H,22,24)/t17-/m0/s1. The van der Waals surface area contributed by atoms with Crippen LogP contribution in [-0.4, -0.2) is 31.4 Å². The van der Waals surface area contributed by atoms with Gasteiger partial charge in [0.2, 0.25) is 0 Å². The number of hydrogen-bond donors (Lipinski definition) is 1. The molecule has 2 aromatic carbocycles. The molecule has 25 heavy (non-hydrogen) atoms. The molecule has 0 saturated heterocycles. The lowest BCUT2D eigenvalue weighted by atomic mass is 10.1. The first kappa shape index (κ1) is 17.2. The number of halogens is 1. The minimum atomic E-state index is -0.347. The summed E-state index contributed by atoms with van der Waals surface area (Å²) >= 11 is 0. The lowest BCUT2D eigenvalue weighted by Gasteiger charge is -2.25. The summed E-state index contributed by atoms with van der Waals surface area (Å²) in [5, 5.41) is 3.55. The molecule has 4 nitrogen and oxygen atoms in total. The second-order valence-corrected chi connectivity index (χ2v) is 6.30. The van der Waals surface area contributed by atoms with Crippen molar-refractivity contribution in [3.8, 4) is 0 Å². The van der Waals surface area contributed by atoms with Gasteiger partial charge in [-0.25, -0.2) is 4.39 Å². The predicted octanol–water partition coefficient (Wildman–Crippen LogP) is 3.91. The SMILES string of the molecule is Cc1c(C(=O)NC[C@@H](c2ccccc2)N(C)C)oc2ccc(F)cc12. The third-order valence-corrected chi connectivity index (χ3v) is 4.37. The van der Waals surface area contributed by atoms with Gasteiger partial charge in [0.15, 0.2) is 5.76 Å². The summed E-state index contributed by atoms with van der Waals surface area (Å²) in [6, 6.07) is 14.3. The maximum atomic E-state index is 13.4. The maximum Gasteiger partial charge on any atom is 0.287 e. The number of carbonyl (C=O) groups is 1. The molecule has 0 spiro atoms. The first-order valence-electron chi connectivity index (χ1n) is 8.15. The van der Waals surface area contributed by atoms with Crippen LogP contribution in [0.15, 0.2) is 52.9 Å². The fourth-order valence-corrected chi connectivity index (χ4v) is 2.95. The van der Waals surface area contributed by atoms with Crippen LogP contribution in [0, 0.1) is 12.7 Å². The van der Waals surface area contributed by atoms with Crippen molar-refractivity contribution < 1.29 is 13.6 Å². The molecule has 0 radical (unpaired) electrons. The molecule has 0 fully saturated rings. The number of furan rings is 1. The maximum absolute atomic E-state index is 13.4. The van der Waals surface area contributed by atoms with Crippen LogP contribution in [0.3, 0.4) is 0 Å². The van der Waals surface area contributed by atoms with E-state index in [9.17, 15) is 9.18 Å². The Labute approximate surface area is 146 Å². The molecule has 1 atom stereocenters. The van der Waals surface area contributed by atoms with Crippen molar-refractivity contribution >= 4 is 16.9 Å². The third-order valence-electron chi connectivity index (χ3n) is 4.37. The molecule has 0 aliphatic carbocycles. The van der Waals surface area contributed by atoms with E-state index in [1.165, 1.54) is 12.1 Å². The van der Waals surface area contributed by atoms with Gasteiger partial charge in [-0.05, 0) is 44.8 Å². The Balaban J connectivity index is 1.79. The summed E-state index contributed by atoms with van der Waals surface area (Å²) in [7, 11) is 3.94. The minimum Gasteiger partial charge on any atom is -0.451 e. The summed E-state index contributed by atoms with van der Waals surface area (Å²) in [6.07, 6.45) is 0. The van der Waals surface area contributed by atoms with Crippen molar-refractivity contribution in [3.63, 3.8) is 0 Å². The lowest BCUT2D eigenvalue weighted by Crippen LogP contribution is -2.34. The Hall–Kier alpha value is -2.66. The summed E-state index contributed by atoms with van der Waals surface area (Å²) in [6.45, 7) is 2.21. The number of likely N-dealkylation sites (N-methyl/N-ethyl adjacent to an activating group) is 1. The van der Waals surface area contributed by atoms with Gasteiger partial charge in [-0.3, -0.25) is 4.79 Å². The average molecular weight is 340 g/mol. The molecule has 0 aliphatic heterocycles. The molecule has 1 heterocycles. The van der Waals surface area contributed by atoms with Crippen LogP contribution < -0.4 is 5.32 Å². The van der Waals surface area contributed by atoms with E-state index in [1.807, 2.05) is 44.4 Å². The van der Waals surface area contributed by atoms with E-state index in [0.717, 1.165) is 5.56 Å². The second-order valence-electron chi connectivity index (χ2n) is 6.30. The smallest absolute Gasteiger partial charge is 0.287 e. The quantitative estimate of drug-likeness (QED) is 0.766. The highest BCUT2D eigenvalue weighted by Crippen LogP contribution is 2.26. The van der Waals surface area contributed by atoms with Crippen molar-refractivity contribution in [2.45, 2.75) is 13.0 Å². The summed E-state index contributed by atoms with van der Waals surface area (Å²) in [4.78, 5) is 14.6. The molecule has 1 N–H and O–H groups in total. The van der Waals surface area contributed by atoms with Gasteiger partial charge in [-0.2, -0.15) is 0 Å². The molecule has 1 aromatic heterocycles. The van der Waals surface area contributed by atoms with Crippen molar-refractivity contribution in [2.75, 3.05) is 20.6 Å². The van der Waals surface area contributed by atoms with Crippen molar-refractivity contribution in [3.05, 3.63) is 71.2 Å². The molecule has 0 bridgehead atoms. The zero-order valence-electron chi connectivity index (χ0n) is 14.5. The second kappa shape index (κ2) is 7.07. The molecule has 3 aromatic rings. The highest BCUT2D eigenvalue weighted by atomic mass is 19.1. The van der Waals surface area contributed by atoms with Crippen LogP contribution in [0.2, 0.25) is 0 Å². The number of benzene rings is 2. The van der Waals surface area contributed by atoms with E-state index >= 15 is 0 Å². The molecular formula is C20H21FN2O2. The molecular weight excluding hydrogens is 319 g/mol. The third kappa shape index (κ3) is 3.56. The van der Waals surface area contributed by atoms with Crippen LogP contribution >= 0.6 is 0 Å². The Bertz CT molecular complexity index is 887. The van der Waals surface area contributed by atoms with Crippen molar-refractivity contribution in [1.29, 1.82) is 0 Å². The van der Waals surface area contributed by atoms with Gasteiger partial charge in [0.05, 0.1) is 6.04 Å².